The zero-order valence-corrected chi connectivity index (χ0v) is 7.69. The second-order valence-electron chi connectivity index (χ2n) is 3.05. The molecule has 13 heavy (non-hydrogen) atoms. The molecule has 0 saturated heterocycles. The Hall–Kier alpha value is -1.16. The van der Waals surface area contributed by atoms with Crippen LogP contribution in [0.15, 0.2) is 6.07 Å². The third kappa shape index (κ3) is 1.37. The first-order valence-electron chi connectivity index (χ1n) is 4.07. The second-order valence-corrected chi connectivity index (χ2v) is 4.10. The van der Waals surface area contributed by atoms with Gasteiger partial charge >= 0.3 is 5.97 Å². The molecule has 0 bridgehead atoms. The first kappa shape index (κ1) is 8.44. The maximum atomic E-state index is 11.3. The van der Waals surface area contributed by atoms with Crippen LogP contribution in [0, 0.1) is 0 Å². The Morgan fingerprint density at radius 2 is 2.23 bits per heavy atom. The molecule has 1 aliphatic carbocycles. The van der Waals surface area contributed by atoms with Gasteiger partial charge in [-0.25, -0.2) is 4.79 Å². The van der Waals surface area contributed by atoms with E-state index in [1.165, 1.54) is 0 Å². The highest BCUT2D eigenvalue weighted by molar-refractivity contribution is 7.16. The predicted octanol–water partition coefficient (Wildman–Crippen LogP) is 1.97. The number of aryl methyl sites for hydroxylation is 1. The second kappa shape index (κ2) is 2.96. The highest BCUT2D eigenvalue weighted by atomic mass is 32.1. The average Bonchev–Trinajstić information content (AvgIpc) is 2.49. The van der Waals surface area contributed by atoms with Crippen molar-refractivity contribution in [2.24, 2.45) is 0 Å². The Morgan fingerprint density at radius 3 is 2.85 bits per heavy atom. The maximum Gasteiger partial charge on any atom is 0.345 e. The molecule has 0 atom stereocenters. The smallest absolute Gasteiger partial charge is 0.345 e. The SMILES string of the molecule is O=C(O)c1cc2c(s1)C(=O)CCC2. The van der Waals surface area contributed by atoms with Crippen LogP contribution in [0.1, 0.15) is 37.7 Å². The van der Waals surface area contributed by atoms with Crippen LogP contribution in [0.4, 0.5) is 0 Å². The fourth-order valence-corrected chi connectivity index (χ4v) is 2.53. The number of Topliss-reactive ketones (excluding diaryl/α,β-unsaturated/α-hetero) is 1. The summed E-state index contributed by atoms with van der Waals surface area (Å²) in [6, 6.07) is 1.62. The highest BCUT2D eigenvalue weighted by Crippen LogP contribution is 2.29. The molecule has 1 aromatic heterocycles. The van der Waals surface area contributed by atoms with Crippen molar-refractivity contribution in [2.75, 3.05) is 0 Å². The number of carbonyl (C=O) groups is 2. The van der Waals surface area contributed by atoms with Crippen molar-refractivity contribution in [3.8, 4) is 0 Å². The van der Waals surface area contributed by atoms with E-state index in [1.807, 2.05) is 0 Å². The Kier molecular flexibility index (Phi) is 1.92. The van der Waals surface area contributed by atoms with Crippen molar-refractivity contribution < 1.29 is 14.7 Å². The highest BCUT2D eigenvalue weighted by Gasteiger charge is 2.22. The summed E-state index contributed by atoms with van der Waals surface area (Å²) in [5.74, 6) is -0.842. The van der Waals surface area contributed by atoms with Gasteiger partial charge in [0, 0.05) is 6.42 Å². The zero-order chi connectivity index (χ0) is 9.42. The van der Waals surface area contributed by atoms with E-state index in [4.69, 9.17) is 5.11 Å². The molecule has 1 heterocycles. The van der Waals surface area contributed by atoms with Crippen molar-refractivity contribution in [3.63, 3.8) is 0 Å². The predicted molar refractivity (Wildman–Crippen MR) is 48.5 cm³/mol. The van der Waals surface area contributed by atoms with Crippen molar-refractivity contribution in [2.45, 2.75) is 19.3 Å². The zero-order valence-electron chi connectivity index (χ0n) is 6.87. The van der Waals surface area contributed by atoms with Crippen LogP contribution in [0.3, 0.4) is 0 Å². The molecule has 2 rings (SSSR count). The molecule has 1 aliphatic rings. The molecular formula is C9H8O3S. The Bertz CT molecular complexity index is 378. The lowest BCUT2D eigenvalue weighted by molar-refractivity contribution is 0.0702. The molecule has 0 aliphatic heterocycles. The number of carbonyl (C=O) groups excluding carboxylic acids is 1. The quantitative estimate of drug-likeness (QED) is 0.747. The first-order chi connectivity index (χ1) is 6.18. The lowest BCUT2D eigenvalue weighted by Crippen LogP contribution is -2.06. The van der Waals surface area contributed by atoms with Crippen LogP contribution in [0.5, 0.6) is 0 Å². The largest absolute Gasteiger partial charge is 0.477 e. The van der Waals surface area contributed by atoms with Crippen LogP contribution < -0.4 is 0 Å². The Morgan fingerprint density at radius 1 is 1.46 bits per heavy atom. The van der Waals surface area contributed by atoms with Gasteiger partial charge in [-0.3, -0.25) is 4.79 Å². The molecule has 3 nitrogen and oxygen atoms in total. The van der Waals surface area contributed by atoms with Gasteiger partial charge in [0.2, 0.25) is 0 Å². The molecule has 0 fully saturated rings. The van der Waals surface area contributed by atoms with Crippen LogP contribution in [-0.4, -0.2) is 16.9 Å². The molecule has 0 aromatic carbocycles. The number of rotatable bonds is 1. The Labute approximate surface area is 79.0 Å². The lowest BCUT2D eigenvalue weighted by Gasteiger charge is -2.07. The molecule has 0 radical (unpaired) electrons. The van der Waals surface area contributed by atoms with Gasteiger partial charge < -0.3 is 5.11 Å². The van der Waals surface area contributed by atoms with Crippen LogP contribution in [-0.2, 0) is 6.42 Å². The van der Waals surface area contributed by atoms with E-state index < -0.39 is 5.97 Å². The number of hydrogen-bond acceptors (Lipinski definition) is 3. The van der Waals surface area contributed by atoms with E-state index in [9.17, 15) is 9.59 Å². The van der Waals surface area contributed by atoms with E-state index in [-0.39, 0.29) is 10.7 Å². The van der Waals surface area contributed by atoms with E-state index >= 15 is 0 Å². The minimum absolute atomic E-state index is 0.0961. The summed E-state index contributed by atoms with van der Waals surface area (Å²) in [6.45, 7) is 0. The molecule has 68 valence electrons. The van der Waals surface area contributed by atoms with Crippen molar-refractivity contribution in [1.82, 2.24) is 0 Å². The van der Waals surface area contributed by atoms with Crippen molar-refractivity contribution >= 4 is 23.1 Å². The van der Waals surface area contributed by atoms with E-state index in [1.54, 1.807) is 6.07 Å². The van der Waals surface area contributed by atoms with Gasteiger partial charge in [-0.2, -0.15) is 0 Å². The molecular weight excluding hydrogens is 188 g/mol. The fourth-order valence-electron chi connectivity index (χ4n) is 1.51. The van der Waals surface area contributed by atoms with Gasteiger partial charge in [0.15, 0.2) is 5.78 Å². The van der Waals surface area contributed by atoms with E-state index in [0.29, 0.717) is 11.3 Å². The number of aromatic carboxylic acids is 1. The number of ketones is 1. The monoisotopic (exact) mass is 196 g/mol. The van der Waals surface area contributed by atoms with Crippen LogP contribution in [0.2, 0.25) is 0 Å². The third-order valence-electron chi connectivity index (χ3n) is 2.12. The summed E-state index contributed by atoms with van der Waals surface area (Å²) in [6.07, 6.45) is 2.25. The minimum atomic E-state index is -0.938. The molecule has 4 heteroatoms. The summed E-state index contributed by atoms with van der Waals surface area (Å²) in [7, 11) is 0. The summed E-state index contributed by atoms with van der Waals surface area (Å²) in [5.41, 5.74) is 0.915. The summed E-state index contributed by atoms with van der Waals surface area (Å²) < 4.78 is 0. The molecule has 0 saturated carbocycles. The van der Waals surface area contributed by atoms with Gasteiger partial charge in [-0.1, -0.05) is 0 Å². The first-order valence-corrected chi connectivity index (χ1v) is 4.89. The number of hydrogen-bond donors (Lipinski definition) is 1. The number of carboxylic acids is 1. The third-order valence-corrected chi connectivity index (χ3v) is 3.33. The van der Waals surface area contributed by atoms with Crippen LogP contribution >= 0.6 is 11.3 Å². The number of fused-ring (bicyclic) bond motifs is 1. The van der Waals surface area contributed by atoms with Gasteiger partial charge in [0.05, 0.1) is 4.88 Å². The lowest BCUT2D eigenvalue weighted by atomic mass is 9.98. The number of thiophene rings is 1. The van der Waals surface area contributed by atoms with Crippen molar-refractivity contribution in [1.29, 1.82) is 0 Å². The van der Waals surface area contributed by atoms with Crippen LogP contribution in [0.25, 0.3) is 0 Å². The van der Waals surface area contributed by atoms with Crippen molar-refractivity contribution in [3.05, 3.63) is 21.4 Å². The van der Waals surface area contributed by atoms with Gasteiger partial charge in [-0.05, 0) is 24.5 Å². The molecule has 0 amide bonds. The van der Waals surface area contributed by atoms with Gasteiger partial charge in [0.1, 0.15) is 4.88 Å². The fraction of sp³-hybridized carbons (Fsp3) is 0.333. The minimum Gasteiger partial charge on any atom is -0.477 e. The summed E-state index contributed by atoms with van der Waals surface area (Å²) in [4.78, 5) is 22.9. The van der Waals surface area contributed by atoms with E-state index in [0.717, 1.165) is 29.7 Å². The van der Waals surface area contributed by atoms with Gasteiger partial charge in [-0.15, -0.1) is 11.3 Å². The molecule has 0 unspecified atom stereocenters. The van der Waals surface area contributed by atoms with Gasteiger partial charge in [0.25, 0.3) is 0 Å². The van der Waals surface area contributed by atoms with E-state index in [2.05, 4.69) is 0 Å². The molecule has 1 N–H and O–H groups in total. The normalized spacial score (nSPS) is 15.5. The molecule has 1 aromatic rings. The maximum absolute atomic E-state index is 11.3. The summed E-state index contributed by atoms with van der Waals surface area (Å²) in [5, 5.41) is 8.72. The number of carboxylic acid groups (broad SMARTS) is 1. The summed E-state index contributed by atoms with van der Waals surface area (Å²) >= 11 is 1.10. The average molecular weight is 196 g/mol. The Balaban J connectivity index is 2.48. The molecule has 0 spiro atoms. The standard InChI is InChI=1S/C9H8O3S/c10-6-3-1-2-5-4-7(9(11)12)13-8(5)6/h4H,1-3H2,(H,11,12). The topological polar surface area (TPSA) is 54.4 Å².